The Morgan fingerprint density at radius 1 is 1.18 bits per heavy atom. The summed E-state index contributed by atoms with van der Waals surface area (Å²) in [6, 6.07) is 8.56. The van der Waals surface area contributed by atoms with Crippen molar-refractivity contribution in [3.63, 3.8) is 0 Å². The van der Waals surface area contributed by atoms with Crippen LogP contribution in [0.15, 0.2) is 36.4 Å². The average Bonchev–Trinajstić information content (AvgIpc) is 2.37. The van der Waals surface area contributed by atoms with Gasteiger partial charge in [-0.3, -0.25) is 0 Å². The minimum absolute atomic E-state index is 0. The Balaban J connectivity index is -0.000000409. The second kappa shape index (κ2) is 11.4. The van der Waals surface area contributed by atoms with Crippen LogP contribution in [0.5, 0.6) is 0 Å². The molecular weight excluding hydrogens is 206 g/mol. The molecule has 0 unspecified atom stereocenters. The molecule has 1 rings (SSSR count). The third kappa shape index (κ3) is 8.70. The minimum atomic E-state index is 0. The van der Waals surface area contributed by atoms with Gasteiger partial charge in [0, 0.05) is 7.47 Å². The first-order valence-corrected chi connectivity index (χ1v) is 6.56. The lowest BCUT2D eigenvalue weighted by molar-refractivity contribution is 0.766. The van der Waals surface area contributed by atoms with Gasteiger partial charge in [-0.1, -0.05) is 69.7 Å². The van der Waals surface area contributed by atoms with E-state index in [2.05, 4.69) is 37.8 Å². The molecule has 0 fully saturated rings. The average molecular weight is 237 g/mol. The van der Waals surface area contributed by atoms with Crippen LogP contribution in [0.1, 0.15) is 47.2 Å². The van der Waals surface area contributed by atoms with Crippen LogP contribution in [0.3, 0.4) is 0 Å². The van der Waals surface area contributed by atoms with Gasteiger partial charge in [-0.2, -0.15) is 0 Å². The zero-order valence-corrected chi connectivity index (χ0v) is 12.4. The summed E-state index contributed by atoms with van der Waals surface area (Å²) in [4.78, 5) is 0. The highest BCUT2D eigenvalue weighted by Crippen LogP contribution is 2.08. The monoisotopic (exact) mass is 237 g/mol. The van der Waals surface area contributed by atoms with Crippen molar-refractivity contribution in [2.75, 3.05) is 0 Å². The summed E-state index contributed by atoms with van der Waals surface area (Å²) in [5, 5.41) is 0. The van der Waals surface area contributed by atoms with Gasteiger partial charge in [-0.05, 0) is 25.8 Å². The normalized spacial score (nSPS) is 10.3. The highest BCUT2D eigenvalue weighted by atomic mass is 14.6. The summed E-state index contributed by atoms with van der Waals surface area (Å²) in [5.74, 6) is 0. The van der Waals surface area contributed by atoms with Crippen LogP contribution >= 0.6 is 0 Å². The van der Waals surface area contributed by atoms with Crippen LogP contribution in [-0.4, -0.2) is 6.04 Å². The van der Waals surface area contributed by atoms with Crippen LogP contribution in [0.2, 0.25) is 0 Å². The molecule has 0 heterocycles. The zero-order chi connectivity index (χ0) is 13.8. The van der Waals surface area contributed by atoms with Gasteiger partial charge >= 0.3 is 0 Å². The van der Waals surface area contributed by atoms with Gasteiger partial charge in [-0.25, -0.2) is 0 Å². The van der Waals surface area contributed by atoms with Crippen LogP contribution in [-0.2, 0) is 6.42 Å². The second-order valence-electron chi connectivity index (χ2n) is 3.64. The standard InChI is InChI=1S/C12H17N.2C2H6.H2/c1-9(2)12(13)8-11-6-4-10(3)5-7-11;2*1-2;/h4-7,12H,1,8,13H2,2-3H3;2*1-2H3;1H/t12-;;;/m0.../s1. The molecule has 0 spiro atoms. The summed E-state index contributed by atoms with van der Waals surface area (Å²) in [7, 11) is 0. The van der Waals surface area contributed by atoms with Gasteiger partial charge in [-0.15, -0.1) is 0 Å². The highest BCUT2D eigenvalue weighted by Gasteiger charge is 2.03. The van der Waals surface area contributed by atoms with E-state index in [9.17, 15) is 0 Å². The fourth-order valence-electron chi connectivity index (χ4n) is 1.15. The fraction of sp³-hybridized carbons (Fsp3) is 0.500. The van der Waals surface area contributed by atoms with E-state index in [4.69, 9.17) is 5.73 Å². The first-order chi connectivity index (χ1) is 8.09. The van der Waals surface area contributed by atoms with E-state index in [1.165, 1.54) is 11.1 Å². The lowest BCUT2D eigenvalue weighted by Gasteiger charge is -2.10. The summed E-state index contributed by atoms with van der Waals surface area (Å²) in [6.07, 6.45) is 0.885. The molecule has 0 saturated carbocycles. The molecule has 0 radical (unpaired) electrons. The van der Waals surface area contributed by atoms with Gasteiger partial charge < -0.3 is 5.73 Å². The molecule has 1 heteroatoms. The molecule has 1 atom stereocenters. The van der Waals surface area contributed by atoms with Gasteiger partial charge in [0.25, 0.3) is 0 Å². The quantitative estimate of drug-likeness (QED) is 0.755. The largest absolute Gasteiger partial charge is 0.324 e. The van der Waals surface area contributed by atoms with E-state index >= 15 is 0 Å². The van der Waals surface area contributed by atoms with Gasteiger partial charge in [0.2, 0.25) is 0 Å². The van der Waals surface area contributed by atoms with Crippen LogP contribution < -0.4 is 5.73 Å². The molecule has 0 aliphatic heterocycles. The number of aryl methyl sites for hydroxylation is 1. The second-order valence-corrected chi connectivity index (χ2v) is 3.64. The maximum Gasteiger partial charge on any atom is 0.0289 e. The van der Waals surface area contributed by atoms with Crippen molar-refractivity contribution < 1.29 is 1.43 Å². The molecule has 1 nitrogen and oxygen atoms in total. The topological polar surface area (TPSA) is 26.0 Å². The Bertz CT molecular complexity index is 290. The van der Waals surface area contributed by atoms with Crippen LogP contribution in [0.4, 0.5) is 0 Å². The van der Waals surface area contributed by atoms with Crippen molar-refractivity contribution in [2.24, 2.45) is 5.73 Å². The molecule has 100 valence electrons. The molecule has 2 N–H and O–H groups in total. The highest BCUT2D eigenvalue weighted by molar-refractivity contribution is 5.23. The maximum atomic E-state index is 5.89. The van der Waals surface area contributed by atoms with Gasteiger partial charge in [0.05, 0.1) is 0 Å². The Morgan fingerprint density at radius 3 is 1.94 bits per heavy atom. The van der Waals surface area contributed by atoms with Crippen molar-refractivity contribution in [3.05, 3.63) is 47.5 Å². The molecule has 0 bridgehead atoms. The SMILES string of the molecule is C=C(C)[C@@H](N)Cc1ccc(C)cc1.CC.CC.[HH]. The Morgan fingerprint density at radius 2 is 1.59 bits per heavy atom. The molecule has 17 heavy (non-hydrogen) atoms. The number of rotatable bonds is 3. The first-order valence-electron chi connectivity index (χ1n) is 6.56. The van der Waals surface area contributed by atoms with E-state index in [0.717, 1.165) is 12.0 Å². The van der Waals surface area contributed by atoms with E-state index in [1.807, 2.05) is 34.6 Å². The molecule has 0 aromatic heterocycles. The van der Waals surface area contributed by atoms with Crippen molar-refractivity contribution in [3.8, 4) is 0 Å². The molecule has 0 aliphatic rings. The van der Waals surface area contributed by atoms with Crippen molar-refractivity contribution in [1.82, 2.24) is 0 Å². The summed E-state index contributed by atoms with van der Waals surface area (Å²) >= 11 is 0. The van der Waals surface area contributed by atoms with E-state index in [0.29, 0.717) is 0 Å². The van der Waals surface area contributed by atoms with Crippen LogP contribution in [0, 0.1) is 6.92 Å². The van der Waals surface area contributed by atoms with Crippen molar-refractivity contribution in [1.29, 1.82) is 0 Å². The smallest absolute Gasteiger partial charge is 0.0289 e. The van der Waals surface area contributed by atoms with Gasteiger partial charge in [0.1, 0.15) is 0 Å². The third-order valence-electron chi connectivity index (χ3n) is 2.21. The summed E-state index contributed by atoms with van der Waals surface area (Å²) in [6.45, 7) is 15.9. The lowest BCUT2D eigenvalue weighted by Crippen LogP contribution is -2.23. The zero-order valence-electron chi connectivity index (χ0n) is 12.4. The molecular formula is C16H31N. The van der Waals surface area contributed by atoms with Crippen molar-refractivity contribution >= 4 is 0 Å². The summed E-state index contributed by atoms with van der Waals surface area (Å²) in [5.41, 5.74) is 9.49. The molecule has 1 aromatic rings. The van der Waals surface area contributed by atoms with Gasteiger partial charge in [0.15, 0.2) is 0 Å². The predicted octanol–water partition coefficient (Wildman–Crippen LogP) is 4.74. The predicted molar refractivity (Wildman–Crippen MR) is 82.5 cm³/mol. The fourth-order valence-corrected chi connectivity index (χ4v) is 1.15. The number of benzene rings is 1. The first kappa shape index (κ1) is 18.3. The number of hydrogen-bond acceptors (Lipinski definition) is 1. The Kier molecular flexibility index (Phi) is 12.3. The van der Waals surface area contributed by atoms with E-state index in [1.54, 1.807) is 0 Å². The number of nitrogens with two attached hydrogens (primary N) is 1. The molecule has 0 amide bonds. The van der Waals surface area contributed by atoms with Crippen LogP contribution in [0.25, 0.3) is 0 Å². The molecule has 0 aliphatic carbocycles. The van der Waals surface area contributed by atoms with E-state index in [-0.39, 0.29) is 7.47 Å². The Labute approximate surface area is 109 Å². The maximum absolute atomic E-state index is 5.89. The molecule has 1 aromatic carbocycles. The molecule has 0 saturated heterocycles. The Hall–Kier alpha value is -1.08. The lowest BCUT2D eigenvalue weighted by atomic mass is 10.0. The summed E-state index contributed by atoms with van der Waals surface area (Å²) < 4.78 is 0. The number of hydrogen-bond donors (Lipinski definition) is 1. The minimum Gasteiger partial charge on any atom is -0.324 e. The van der Waals surface area contributed by atoms with E-state index < -0.39 is 0 Å². The third-order valence-corrected chi connectivity index (χ3v) is 2.21. The van der Waals surface area contributed by atoms with Crippen molar-refractivity contribution in [2.45, 2.75) is 54.0 Å².